The van der Waals surface area contributed by atoms with E-state index in [0.29, 0.717) is 24.0 Å². The minimum atomic E-state index is -2.43. The predicted octanol–water partition coefficient (Wildman–Crippen LogP) is -1.41. The molecule has 0 saturated carbocycles. The van der Waals surface area contributed by atoms with Gasteiger partial charge >= 0.3 is 11.7 Å². The molecule has 0 unspecified atom stereocenters. The van der Waals surface area contributed by atoms with Crippen LogP contribution < -0.4 is 11.4 Å². The minimum absolute atomic E-state index is 0.0679. The zero-order valence-corrected chi connectivity index (χ0v) is 16.8. The van der Waals surface area contributed by atoms with Crippen molar-refractivity contribution in [3.05, 3.63) is 22.7 Å². The van der Waals surface area contributed by atoms with Crippen LogP contribution in [0.1, 0.15) is 26.7 Å². The Kier molecular flexibility index (Phi) is 7.35. The Labute approximate surface area is 168 Å². The number of nitrogens with zero attached hydrogens (tertiary/aromatic N) is 2. The van der Waals surface area contributed by atoms with Crippen LogP contribution in [0.25, 0.3) is 0 Å². The molecule has 2 rings (SSSR count). The summed E-state index contributed by atoms with van der Waals surface area (Å²) < 4.78 is 16.9. The first-order chi connectivity index (χ1) is 13.7. The first kappa shape index (κ1) is 23.2. The highest BCUT2D eigenvalue weighted by Crippen LogP contribution is 2.37. The first-order valence-corrected chi connectivity index (χ1v) is 9.38. The molecule has 0 aliphatic carbocycles. The van der Waals surface area contributed by atoms with Crippen LogP contribution >= 0.6 is 0 Å². The van der Waals surface area contributed by atoms with Crippen molar-refractivity contribution in [2.24, 2.45) is 5.41 Å². The van der Waals surface area contributed by atoms with E-state index in [2.05, 4.69) is 4.98 Å². The number of hydrogen-bond donors (Lipinski definition) is 4. The van der Waals surface area contributed by atoms with Gasteiger partial charge in [-0.1, -0.05) is 13.8 Å². The number of esters is 1. The number of nitrogens with two attached hydrogens (primary N) is 1. The summed E-state index contributed by atoms with van der Waals surface area (Å²) in [7, 11) is 1.54. The second-order valence-corrected chi connectivity index (χ2v) is 7.19. The molecule has 1 fully saturated rings. The molecule has 1 aromatic rings. The maximum absolute atomic E-state index is 13.1. The number of aromatic nitrogens is 2. The number of aliphatic hydroxyl groups excluding tert-OH is 3. The van der Waals surface area contributed by atoms with Crippen molar-refractivity contribution < 1.29 is 34.3 Å². The Balaban J connectivity index is 2.46. The smallest absolute Gasteiger partial charge is 0.363 e. The van der Waals surface area contributed by atoms with Gasteiger partial charge in [0.2, 0.25) is 0 Å². The molecular formula is C18H29N3O8. The molecule has 0 spiro atoms. The van der Waals surface area contributed by atoms with Gasteiger partial charge in [0, 0.05) is 18.7 Å². The maximum atomic E-state index is 13.1. The third-order valence-corrected chi connectivity index (χ3v) is 5.55. The van der Waals surface area contributed by atoms with Crippen LogP contribution in [0.15, 0.2) is 17.1 Å². The number of rotatable bonds is 9. The zero-order chi connectivity index (χ0) is 21.8. The topological polar surface area (TPSA) is 166 Å². The van der Waals surface area contributed by atoms with Crippen LogP contribution in [0.4, 0.5) is 5.82 Å². The lowest BCUT2D eigenvalue weighted by atomic mass is 9.84. The van der Waals surface area contributed by atoms with Gasteiger partial charge in [0.25, 0.3) is 5.72 Å². The van der Waals surface area contributed by atoms with Crippen LogP contribution in [0.5, 0.6) is 0 Å². The van der Waals surface area contributed by atoms with E-state index >= 15 is 0 Å². The monoisotopic (exact) mass is 415 g/mol. The van der Waals surface area contributed by atoms with Crippen molar-refractivity contribution in [1.29, 1.82) is 0 Å². The number of ether oxygens (including phenoxy) is 3. The third-order valence-electron chi connectivity index (χ3n) is 5.55. The number of aliphatic hydroxyl groups is 3. The summed E-state index contributed by atoms with van der Waals surface area (Å²) in [5, 5.41) is 30.3. The average Bonchev–Trinajstić information content (AvgIpc) is 2.97. The van der Waals surface area contributed by atoms with E-state index in [4.69, 9.17) is 19.9 Å². The normalized spacial score (nSPS) is 27.2. The van der Waals surface area contributed by atoms with E-state index in [1.807, 2.05) is 13.8 Å². The van der Waals surface area contributed by atoms with Gasteiger partial charge in [0.15, 0.2) is 0 Å². The Bertz CT molecular complexity index is 766. The number of carbonyl (C=O) groups excluding carboxylic acids is 1. The van der Waals surface area contributed by atoms with Crippen molar-refractivity contribution >= 4 is 11.8 Å². The van der Waals surface area contributed by atoms with E-state index in [-0.39, 0.29) is 12.4 Å². The van der Waals surface area contributed by atoms with Gasteiger partial charge in [-0.15, -0.1) is 0 Å². The van der Waals surface area contributed by atoms with Crippen molar-refractivity contribution in [3.8, 4) is 0 Å². The molecule has 4 atom stereocenters. The van der Waals surface area contributed by atoms with Crippen LogP contribution in [0.3, 0.4) is 0 Å². The van der Waals surface area contributed by atoms with Gasteiger partial charge in [-0.2, -0.15) is 4.98 Å². The largest absolute Gasteiger partial charge is 0.461 e. The molecule has 0 amide bonds. The number of carbonyl (C=O) groups is 1. The molecule has 29 heavy (non-hydrogen) atoms. The van der Waals surface area contributed by atoms with Gasteiger partial charge in [-0.25, -0.2) is 9.59 Å². The van der Waals surface area contributed by atoms with Crippen LogP contribution in [-0.4, -0.2) is 76.1 Å². The Hall–Kier alpha value is -2.05. The summed E-state index contributed by atoms with van der Waals surface area (Å²) >= 11 is 0. The molecule has 11 nitrogen and oxygen atoms in total. The number of anilines is 1. The second-order valence-electron chi connectivity index (χ2n) is 7.19. The second kappa shape index (κ2) is 9.18. The Morgan fingerprint density at radius 1 is 1.38 bits per heavy atom. The number of nitrogen functional groups attached to an aromatic ring is 1. The van der Waals surface area contributed by atoms with E-state index < -0.39 is 47.7 Å². The van der Waals surface area contributed by atoms with Gasteiger partial charge < -0.3 is 35.3 Å². The molecule has 2 heterocycles. The predicted molar refractivity (Wildman–Crippen MR) is 101 cm³/mol. The maximum Gasteiger partial charge on any atom is 0.363 e. The SMILES string of the molecule is CCC(CC)(COC)COC(=O)[C@@]1(n2ccc(N)nc2=O)O[C@H](CO)[C@@H](O)[C@H]1O. The summed E-state index contributed by atoms with van der Waals surface area (Å²) in [4.78, 5) is 29.1. The van der Waals surface area contributed by atoms with Crippen molar-refractivity contribution in [2.45, 2.75) is 50.7 Å². The fraction of sp³-hybridized carbons (Fsp3) is 0.722. The van der Waals surface area contributed by atoms with Crippen LogP contribution in [-0.2, 0) is 24.7 Å². The van der Waals surface area contributed by atoms with Crippen LogP contribution in [0.2, 0.25) is 0 Å². The molecule has 1 aromatic heterocycles. The molecule has 0 bridgehead atoms. The average molecular weight is 415 g/mol. The summed E-state index contributed by atoms with van der Waals surface area (Å²) in [6.07, 6.45) is -2.45. The van der Waals surface area contributed by atoms with Crippen molar-refractivity contribution in [1.82, 2.24) is 9.55 Å². The lowest BCUT2D eigenvalue weighted by molar-refractivity contribution is -0.206. The fourth-order valence-corrected chi connectivity index (χ4v) is 3.41. The molecule has 0 aromatic carbocycles. The summed E-state index contributed by atoms with van der Waals surface area (Å²) in [6.45, 7) is 3.42. The molecule has 1 aliphatic rings. The molecule has 1 aliphatic heterocycles. The van der Waals surface area contributed by atoms with E-state index in [1.165, 1.54) is 13.2 Å². The summed E-state index contributed by atoms with van der Waals surface area (Å²) in [5.41, 5.74) is 1.61. The Morgan fingerprint density at radius 2 is 2.03 bits per heavy atom. The zero-order valence-electron chi connectivity index (χ0n) is 16.8. The number of hydrogen-bond acceptors (Lipinski definition) is 10. The van der Waals surface area contributed by atoms with Gasteiger partial charge in [0.05, 0.1) is 19.8 Å². The highest BCUT2D eigenvalue weighted by Gasteiger charge is 2.62. The lowest BCUT2D eigenvalue weighted by Gasteiger charge is -2.34. The standard InChI is InChI=1S/C18H29N3O8/c1-4-17(5-2,9-27-3)10-28-15(25)18(14(24)13(23)11(8-22)29-18)21-7-6-12(19)20-16(21)26/h6-7,11,13-14,22-24H,4-5,8-10H2,1-3H3,(H2,19,20,26)/t11-,13-,14-,18+/m1/s1. The number of methoxy groups -OCH3 is 1. The lowest BCUT2D eigenvalue weighted by Crippen LogP contribution is -2.57. The molecule has 5 N–H and O–H groups in total. The van der Waals surface area contributed by atoms with Crippen molar-refractivity contribution in [3.63, 3.8) is 0 Å². The highest BCUT2D eigenvalue weighted by molar-refractivity contribution is 5.79. The van der Waals surface area contributed by atoms with Gasteiger partial charge in [0.1, 0.15) is 24.1 Å². The van der Waals surface area contributed by atoms with E-state index in [1.54, 1.807) is 0 Å². The summed E-state index contributed by atoms with van der Waals surface area (Å²) in [6, 6.07) is 1.23. The summed E-state index contributed by atoms with van der Waals surface area (Å²) in [5.74, 6) is -1.20. The quantitative estimate of drug-likeness (QED) is 0.352. The molecular weight excluding hydrogens is 386 g/mol. The van der Waals surface area contributed by atoms with Gasteiger partial charge in [-0.3, -0.25) is 4.57 Å². The van der Waals surface area contributed by atoms with Crippen molar-refractivity contribution in [2.75, 3.05) is 32.7 Å². The first-order valence-electron chi connectivity index (χ1n) is 9.38. The molecule has 0 radical (unpaired) electrons. The van der Waals surface area contributed by atoms with E-state index in [0.717, 1.165) is 6.20 Å². The van der Waals surface area contributed by atoms with Gasteiger partial charge in [-0.05, 0) is 18.9 Å². The van der Waals surface area contributed by atoms with E-state index in [9.17, 15) is 24.9 Å². The molecule has 11 heteroatoms. The Morgan fingerprint density at radius 3 is 2.52 bits per heavy atom. The molecule has 164 valence electrons. The molecule has 1 saturated heterocycles. The highest BCUT2D eigenvalue weighted by atomic mass is 16.6. The minimum Gasteiger partial charge on any atom is -0.461 e. The van der Waals surface area contributed by atoms with Crippen LogP contribution in [0, 0.1) is 5.41 Å². The third kappa shape index (κ3) is 4.14. The fourth-order valence-electron chi connectivity index (χ4n) is 3.41.